The number of carbonyl (C=O) groups excluding carboxylic acids is 1. The number of likely N-dealkylation sites (tertiary alicyclic amines) is 1. The van der Waals surface area contributed by atoms with E-state index in [-0.39, 0.29) is 17.3 Å². The van der Waals surface area contributed by atoms with Gasteiger partial charge in [-0.05, 0) is 19.3 Å². The van der Waals surface area contributed by atoms with Gasteiger partial charge in [0.2, 0.25) is 0 Å². The number of anilines is 1. The van der Waals surface area contributed by atoms with Gasteiger partial charge in [0.1, 0.15) is 12.1 Å². The van der Waals surface area contributed by atoms with Crippen LogP contribution >= 0.6 is 0 Å². The fourth-order valence-electron chi connectivity index (χ4n) is 2.10. The van der Waals surface area contributed by atoms with Crippen LogP contribution in [0.1, 0.15) is 29.6 Å². The number of nitrogens with zero attached hydrogens (tertiary/aromatic N) is 3. The number of nitrogen functional groups attached to an aromatic ring is 1. The molecule has 7 heteroatoms. The van der Waals surface area contributed by atoms with Gasteiger partial charge in [-0.15, -0.1) is 0 Å². The van der Waals surface area contributed by atoms with Gasteiger partial charge in [0.25, 0.3) is 12.3 Å². The topological polar surface area (TPSA) is 64.1 Å². The Kier molecular flexibility index (Phi) is 3.78. The van der Waals surface area contributed by atoms with Crippen LogP contribution < -0.4 is 5.73 Å². The second-order valence-corrected chi connectivity index (χ2v) is 4.39. The molecule has 0 radical (unpaired) electrons. The fraction of sp³-hybridized carbons (Fsp3) is 0.636. The van der Waals surface area contributed by atoms with Gasteiger partial charge >= 0.3 is 0 Å². The van der Waals surface area contributed by atoms with Crippen LogP contribution in [0.4, 0.5) is 14.6 Å². The van der Waals surface area contributed by atoms with Crippen molar-refractivity contribution in [1.29, 1.82) is 0 Å². The molecule has 100 valence electrons. The molecule has 0 spiro atoms. The summed E-state index contributed by atoms with van der Waals surface area (Å²) in [4.78, 5) is 13.8. The van der Waals surface area contributed by atoms with Crippen molar-refractivity contribution in [2.45, 2.75) is 32.2 Å². The first-order chi connectivity index (χ1) is 8.58. The maximum absolute atomic E-state index is 12.2. The first-order valence-corrected chi connectivity index (χ1v) is 5.98. The second kappa shape index (κ2) is 5.32. The van der Waals surface area contributed by atoms with Gasteiger partial charge in [-0.1, -0.05) is 0 Å². The van der Waals surface area contributed by atoms with Gasteiger partial charge in [0.15, 0.2) is 5.82 Å². The number of alkyl halides is 2. The van der Waals surface area contributed by atoms with Crippen LogP contribution in [0.15, 0.2) is 6.20 Å². The van der Waals surface area contributed by atoms with Crippen LogP contribution in [0.5, 0.6) is 0 Å². The highest BCUT2D eigenvalue weighted by Gasteiger charge is 2.22. The largest absolute Gasteiger partial charge is 0.382 e. The molecule has 2 rings (SSSR count). The van der Waals surface area contributed by atoms with Crippen molar-refractivity contribution in [2.24, 2.45) is 0 Å². The molecule has 0 atom stereocenters. The summed E-state index contributed by atoms with van der Waals surface area (Å²) in [6.07, 6.45) is 1.85. The van der Waals surface area contributed by atoms with E-state index in [0.717, 1.165) is 23.9 Å². The molecule has 2 heterocycles. The van der Waals surface area contributed by atoms with E-state index < -0.39 is 13.0 Å². The van der Waals surface area contributed by atoms with E-state index in [1.54, 1.807) is 4.90 Å². The van der Waals surface area contributed by atoms with Gasteiger partial charge in [-0.2, -0.15) is 5.10 Å². The molecule has 0 bridgehead atoms. The summed E-state index contributed by atoms with van der Waals surface area (Å²) < 4.78 is 25.5. The first kappa shape index (κ1) is 12.8. The minimum atomic E-state index is -2.51. The average Bonchev–Trinajstić information content (AvgIpc) is 2.69. The number of piperidine rings is 1. The molecule has 0 aliphatic carbocycles. The highest BCUT2D eigenvalue weighted by Crippen LogP contribution is 2.17. The zero-order valence-electron chi connectivity index (χ0n) is 9.98. The standard InChI is InChI=1S/C11H16F2N4O/c12-9(13)7-17-6-8(10(14)15-17)11(18)16-4-2-1-3-5-16/h6,9H,1-5,7H2,(H2,14,15). The molecule has 0 saturated carbocycles. The van der Waals surface area contributed by atoms with Crippen LogP contribution in [0.25, 0.3) is 0 Å². The maximum atomic E-state index is 12.2. The zero-order valence-corrected chi connectivity index (χ0v) is 9.98. The van der Waals surface area contributed by atoms with Gasteiger partial charge in [0, 0.05) is 19.3 Å². The monoisotopic (exact) mass is 258 g/mol. The molecule has 1 saturated heterocycles. The molecule has 1 fully saturated rings. The van der Waals surface area contributed by atoms with E-state index in [1.165, 1.54) is 6.20 Å². The van der Waals surface area contributed by atoms with Crippen LogP contribution in [0.3, 0.4) is 0 Å². The van der Waals surface area contributed by atoms with Crippen molar-refractivity contribution in [3.8, 4) is 0 Å². The quantitative estimate of drug-likeness (QED) is 0.890. The van der Waals surface area contributed by atoms with Crippen molar-refractivity contribution < 1.29 is 13.6 Å². The molecule has 18 heavy (non-hydrogen) atoms. The van der Waals surface area contributed by atoms with Gasteiger partial charge < -0.3 is 10.6 Å². The molecule has 0 unspecified atom stereocenters. The summed E-state index contributed by atoms with van der Waals surface area (Å²) in [7, 11) is 0. The van der Waals surface area contributed by atoms with E-state index in [9.17, 15) is 13.6 Å². The minimum absolute atomic E-state index is 0.0197. The number of nitrogens with two attached hydrogens (primary N) is 1. The third-order valence-electron chi connectivity index (χ3n) is 2.99. The summed E-state index contributed by atoms with van der Waals surface area (Å²) in [5.74, 6) is -0.195. The molecular weight excluding hydrogens is 242 g/mol. The molecule has 1 aliphatic rings. The number of aromatic nitrogens is 2. The molecule has 1 amide bonds. The molecule has 1 aliphatic heterocycles. The number of hydrogen-bond acceptors (Lipinski definition) is 3. The van der Waals surface area contributed by atoms with Crippen molar-refractivity contribution >= 4 is 11.7 Å². The Hall–Kier alpha value is -1.66. The Morgan fingerprint density at radius 3 is 2.67 bits per heavy atom. The molecule has 0 aromatic carbocycles. The van der Waals surface area contributed by atoms with Crippen LogP contribution in [-0.4, -0.2) is 40.1 Å². The lowest BCUT2D eigenvalue weighted by molar-refractivity contribution is 0.0724. The zero-order chi connectivity index (χ0) is 13.1. The summed E-state index contributed by atoms with van der Waals surface area (Å²) in [6.45, 7) is 0.841. The predicted octanol–water partition coefficient (Wildman–Crippen LogP) is 1.36. The maximum Gasteiger partial charge on any atom is 0.259 e. The number of amides is 1. The molecule has 1 aromatic rings. The van der Waals surface area contributed by atoms with E-state index in [1.807, 2.05) is 0 Å². The lowest BCUT2D eigenvalue weighted by Crippen LogP contribution is -2.35. The van der Waals surface area contributed by atoms with Gasteiger partial charge in [-0.3, -0.25) is 9.48 Å². The normalized spacial score (nSPS) is 16.3. The lowest BCUT2D eigenvalue weighted by Gasteiger charge is -2.26. The molecule has 5 nitrogen and oxygen atoms in total. The Bertz CT molecular complexity index is 427. The third-order valence-corrected chi connectivity index (χ3v) is 2.99. The fourth-order valence-corrected chi connectivity index (χ4v) is 2.10. The molecule has 1 aromatic heterocycles. The Balaban J connectivity index is 2.11. The average molecular weight is 258 g/mol. The van der Waals surface area contributed by atoms with E-state index in [0.29, 0.717) is 13.1 Å². The first-order valence-electron chi connectivity index (χ1n) is 5.98. The molecular formula is C11H16F2N4O. The van der Waals surface area contributed by atoms with Crippen LogP contribution in [0, 0.1) is 0 Å². The van der Waals surface area contributed by atoms with Crippen molar-refractivity contribution in [2.75, 3.05) is 18.8 Å². The number of halogens is 2. The van der Waals surface area contributed by atoms with E-state index in [2.05, 4.69) is 5.10 Å². The smallest absolute Gasteiger partial charge is 0.259 e. The van der Waals surface area contributed by atoms with Gasteiger partial charge in [-0.25, -0.2) is 8.78 Å². The Morgan fingerprint density at radius 1 is 1.39 bits per heavy atom. The van der Waals surface area contributed by atoms with Crippen LogP contribution in [-0.2, 0) is 6.54 Å². The number of carbonyl (C=O) groups is 1. The summed E-state index contributed by atoms with van der Waals surface area (Å²) >= 11 is 0. The van der Waals surface area contributed by atoms with Crippen LogP contribution in [0.2, 0.25) is 0 Å². The summed E-state index contributed by atoms with van der Waals surface area (Å²) in [6, 6.07) is 0. The second-order valence-electron chi connectivity index (χ2n) is 4.39. The lowest BCUT2D eigenvalue weighted by atomic mass is 10.1. The highest BCUT2D eigenvalue weighted by molar-refractivity contribution is 5.98. The van der Waals surface area contributed by atoms with Crippen molar-refractivity contribution in [1.82, 2.24) is 14.7 Å². The van der Waals surface area contributed by atoms with E-state index in [4.69, 9.17) is 5.73 Å². The third kappa shape index (κ3) is 2.77. The Morgan fingerprint density at radius 2 is 2.06 bits per heavy atom. The number of rotatable bonds is 3. The Labute approximate surface area is 104 Å². The van der Waals surface area contributed by atoms with Gasteiger partial charge in [0.05, 0.1) is 0 Å². The summed E-state index contributed by atoms with van der Waals surface area (Å²) in [5, 5.41) is 3.73. The molecule has 2 N–H and O–H groups in total. The predicted molar refractivity (Wildman–Crippen MR) is 62.4 cm³/mol. The van der Waals surface area contributed by atoms with Crippen molar-refractivity contribution in [3.05, 3.63) is 11.8 Å². The SMILES string of the molecule is Nc1nn(CC(F)F)cc1C(=O)N1CCCCC1. The highest BCUT2D eigenvalue weighted by atomic mass is 19.3. The number of hydrogen-bond donors (Lipinski definition) is 1. The van der Waals surface area contributed by atoms with E-state index >= 15 is 0 Å². The van der Waals surface area contributed by atoms with Crippen molar-refractivity contribution in [3.63, 3.8) is 0 Å². The minimum Gasteiger partial charge on any atom is -0.382 e. The summed E-state index contributed by atoms with van der Waals surface area (Å²) in [5.41, 5.74) is 5.82.